The van der Waals surface area contributed by atoms with Crippen molar-refractivity contribution in [2.45, 2.75) is 6.54 Å². The number of halogens is 1. The average molecular weight is 469 g/mol. The maximum Gasteiger partial charge on any atom is 0.271 e. The third-order valence-electron chi connectivity index (χ3n) is 4.90. The van der Waals surface area contributed by atoms with E-state index in [1.54, 1.807) is 22.9 Å². The van der Waals surface area contributed by atoms with E-state index < -0.39 is 0 Å². The molecule has 6 nitrogen and oxygen atoms in total. The van der Waals surface area contributed by atoms with E-state index in [9.17, 15) is 4.79 Å². The van der Waals surface area contributed by atoms with Gasteiger partial charge in [0.15, 0.2) is 5.13 Å². The molecule has 0 N–H and O–H groups in total. The van der Waals surface area contributed by atoms with E-state index in [1.807, 2.05) is 54.7 Å². The summed E-state index contributed by atoms with van der Waals surface area (Å²) in [5.41, 5.74) is 0.820. The standard InChI is InChI=1S/C22H17ClN4O2S2/c1-29-14-7-8-16-18(13-14)31-22(25-16)27(12-11-26-10-4-9-24-26)21(28)20-19(23)15-5-2-3-6-17(15)30-20/h2-10,13H,11-12H2,1H3. The molecule has 0 atom stereocenters. The van der Waals surface area contributed by atoms with Crippen LogP contribution >= 0.6 is 34.3 Å². The largest absolute Gasteiger partial charge is 0.497 e. The minimum atomic E-state index is -0.163. The number of benzene rings is 2. The van der Waals surface area contributed by atoms with E-state index in [4.69, 9.17) is 21.3 Å². The van der Waals surface area contributed by atoms with Crippen LogP contribution in [0.15, 0.2) is 60.9 Å². The molecule has 0 bridgehead atoms. The first-order chi connectivity index (χ1) is 15.1. The van der Waals surface area contributed by atoms with Gasteiger partial charge >= 0.3 is 0 Å². The van der Waals surface area contributed by atoms with Crippen molar-refractivity contribution in [2.75, 3.05) is 18.6 Å². The van der Waals surface area contributed by atoms with Crippen molar-refractivity contribution in [1.82, 2.24) is 14.8 Å². The number of nitrogens with zero attached hydrogens (tertiary/aromatic N) is 4. The van der Waals surface area contributed by atoms with Crippen LogP contribution in [-0.2, 0) is 6.54 Å². The normalized spacial score (nSPS) is 11.3. The second-order valence-electron chi connectivity index (χ2n) is 6.80. The van der Waals surface area contributed by atoms with Crippen LogP contribution in [0.5, 0.6) is 5.75 Å². The van der Waals surface area contributed by atoms with Crippen molar-refractivity contribution in [3.05, 3.63) is 70.8 Å². The van der Waals surface area contributed by atoms with Gasteiger partial charge in [-0.05, 0) is 30.3 Å². The van der Waals surface area contributed by atoms with Crippen LogP contribution < -0.4 is 9.64 Å². The number of hydrogen-bond acceptors (Lipinski definition) is 6. The highest BCUT2D eigenvalue weighted by Gasteiger charge is 2.26. The SMILES string of the molecule is COc1ccc2nc(N(CCn3cccn3)C(=O)c3sc4ccccc4c3Cl)sc2c1. The fraction of sp³-hybridized carbons (Fsp3) is 0.136. The summed E-state index contributed by atoms with van der Waals surface area (Å²) in [5, 5.41) is 6.24. The summed E-state index contributed by atoms with van der Waals surface area (Å²) >= 11 is 9.47. The molecule has 0 unspecified atom stereocenters. The van der Waals surface area contributed by atoms with E-state index in [0.717, 1.165) is 26.1 Å². The van der Waals surface area contributed by atoms with Crippen LogP contribution in [0, 0.1) is 0 Å². The number of fused-ring (bicyclic) bond motifs is 2. The smallest absolute Gasteiger partial charge is 0.271 e. The lowest BCUT2D eigenvalue weighted by Crippen LogP contribution is -2.33. The predicted octanol–water partition coefficient (Wildman–Crippen LogP) is 5.72. The number of amides is 1. The van der Waals surface area contributed by atoms with Gasteiger partial charge < -0.3 is 4.74 Å². The highest BCUT2D eigenvalue weighted by atomic mass is 35.5. The quantitative estimate of drug-likeness (QED) is 0.320. The molecular formula is C22H17ClN4O2S2. The molecule has 2 aromatic carbocycles. The number of ether oxygens (including phenoxy) is 1. The van der Waals surface area contributed by atoms with Crippen LogP contribution in [0.3, 0.4) is 0 Å². The fourth-order valence-electron chi connectivity index (χ4n) is 3.33. The molecule has 9 heteroatoms. The molecule has 0 fully saturated rings. The molecule has 0 aliphatic rings. The number of aromatic nitrogens is 3. The monoisotopic (exact) mass is 468 g/mol. The van der Waals surface area contributed by atoms with Crippen molar-refractivity contribution in [3.63, 3.8) is 0 Å². The Kier molecular flexibility index (Phi) is 5.35. The van der Waals surface area contributed by atoms with Crippen LogP contribution in [0.2, 0.25) is 5.02 Å². The van der Waals surface area contributed by atoms with Gasteiger partial charge in [-0.3, -0.25) is 14.4 Å². The molecule has 3 aromatic heterocycles. The van der Waals surface area contributed by atoms with Crippen molar-refractivity contribution in [3.8, 4) is 5.75 Å². The van der Waals surface area contributed by atoms with Gasteiger partial charge in [-0.2, -0.15) is 5.10 Å². The maximum absolute atomic E-state index is 13.7. The number of thiophene rings is 1. The second kappa shape index (κ2) is 8.30. The zero-order valence-electron chi connectivity index (χ0n) is 16.5. The molecule has 0 saturated carbocycles. The first-order valence-corrected chi connectivity index (χ1v) is 11.6. The predicted molar refractivity (Wildman–Crippen MR) is 127 cm³/mol. The summed E-state index contributed by atoms with van der Waals surface area (Å²) in [6, 6.07) is 15.3. The van der Waals surface area contributed by atoms with Gasteiger partial charge in [0.25, 0.3) is 5.91 Å². The molecule has 5 rings (SSSR count). The first kappa shape index (κ1) is 20.0. The van der Waals surface area contributed by atoms with Crippen molar-refractivity contribution < 1.29 is 9.53 Å². The molecular weight excluding hydrogens is 452 g/mol. The minimum Gasteiger partial charge on any atom is -0.497 e. The van der Waals surface area contributed by atoms with Crippen LogP contribution in [-0.4, -0.2) is 34.3 Å². The molecule has 0 radical (unpaired) electrons. The Hall–Kier alpha value is -2.94. The molecule has 31 heavy (non-hydrogen) atoms. The van der Waals surface area contributed by atoms with E-state index in [0.29, 0.717) is 28.1 Å². The van der Waals surface area contributed by atoms with Crippen LogP contribution in [0.25, 0.3) is 20.3 Å². The Labute approximate surface area is 191 Å². The number of thiazole rings is 1. The third kappa shape index (κ3) is 3.78. The summed E-state index contributed by atoms with van der Waals surface area (Å²) in [6.07, 6.45) is 3.59. The summed E-state index contributed by atoms with van der Waals surface area (Å²) in [7, 11) is 1.63. The van der Waals surface area contributed by atoms with Crippen LogP contribution in [0.4, 0.5) is 5.13 Å². The zero-order chi connectivity index (χ0) is 21.4. The summed E-state index contributed by atoms with van der Waals surface area (Å²) in [6.45, 7) is 0.961. The Balaban J connectivity index is 1.56. The Bertz CT molecular complexity index is 1380. The summed E-state index contributed by atoms with van der Waals surface area (Å²) in [5.74, 6) is 0.592. The van der Waals surface area contributed by atoms with E-state index in [2.05, 4.69) is 5.10 Å². The van der Waals surface area contributed by atoms with E-state index in [1.165, 1.54) is 22.7 Å². The molecule has 5 aromatic rings. The van der Waals surface area contributed by atoms with E-state index in [-0.39, 0.29) is 5.91 Å². The number of rotatable bonds is 6. The molecule has 156 valence electrons. The van der Waals surface area contributed by atoms with Gasteiger partial charge in [-0.1, -0.05) is 41.1 Å². The number of carbonyl (C=O) groups is 1. The summed E-state index contributed by atoms with van der Waals surface area (Å²) in [4.78, 5) is 20.6. The lowest BCUT2D eigenvalue weighted by molar-refractivity contribution is 0.0990. The van der Waals surface area contributed by atoms with Crippen molar-refractivity contribution >= 4 is 65.6 Å². The lowest BCUT2D eigenvalue weighted by atomic mass is 10.2. The number of methoxy groups -OCH3 is 1. The average Bonchev–Trinajstić information content (AvgIpc) is 3.52. The molecule has 0 saturated heterocycles. The molecule has 3 heterocycles. The highest BCUT2D eigenvalue weighted by Crippen LogP contribution is 2.38. The van der Waals surface area contributed by atoms with Gasteiger partial charge in [0.1, 0.15) is 10.6 Å². The number of anilines is 1. The summed E-state index contributed by atoms with van der Waals surface area (Å²) < 4.78 is 9.06. The zero-order valence-corrected chi connectivity index (χ0v) is 18.9. The molecule has 0 spiro atoms. The van der Waals surface area contributed by atoms with Gasteiger partial charge in [0.2, 0.25) is 0 Å². The molecule has 0 aliphatic carbocycles. The first-order valence-electron chi connectivity index (χ1n) is 9.55. The number of carbonyl (C=O) groups excluding carboxylic acids is 1. The Morgan fingerprint density at radius 1 is 1.16 bits per heavy atom. The van der Waals surface area contributed by atoms with Gasteiger partial charge in [-0.15, -0.1) is 11.3 Å². The second-order valence-corrected chi connectivity index (χ2v) is 9.24. The fourth-order valence-corrected chi connectivity index (χ4v) is 5.81. The molecule has 1 amide bonds. The van der Waals surface area contributed by atoms with E-state index >= 15 is 0 Å². The van der Waals surface area contributed by atoms with Gasteiger partial charge in [-0.25, -0.2) is 4.98 Å². The Morgan fingerprint density at radius 3 is 2.81 bits per heavy atom. The number of hydrogen-bond donors (Lipinski definition) is 0. The maximum atomic E-state index is 13.7. The minimum absolute atomic E-state index is 0.163. The highest BCUT2D eigenvalue weighted by molar-refractivity contribution is 7.23. The van der Waals surface area contributed by atoms with Crippen molar-refractivity contribution in [1.29, 1.82) is 0 Å². The topological polar surface area (TPSA) is 60.2 Å². The van der Waals surface area contributed by atoms with Gasteiger partial charge in [0, 0.05) is 29.0 Å². The third-order valence-corrected chi connectivity index (χ3v) is 7.61. The van der Waals surface area contributed by atoms with Gasteiger partial charge in [0.05, 0.1) is 28.9 Å². The van der Waals surface area contributed by atoms with Crippen LogP contribution in [0.1, 0.15) is 9.67 Å². The van der Waals surface area contributed by atoms with Crippen molar-refractivity contribution in [2.24, 2.45) is 0 Å². The Morgan fingerprint density at radius 2 is 2.03 bits per heavy atom. The lowest BCUT2D eigenvalue weighted by Gasteiger charge is -2.19. The molecule has 0 aliphatic heterocycles.